The van der Waals surface area contributed by atoms with E-state index in [9.17, 15) is 4.79 Å². The van der Waals surface area contributed by atoms with Gasteiger partial charge in [0, 0.05) is 24.7 Å². The van der Waals surface area contributed by atoms with E-state index in [1.165, 1.54) is 23.1 Å². The summed E-state index contributed by atoms with van der Waals surface area (Å²) >= 11 is 2.73. The molecule has 0 fully saturated rings. The molecule has 10 heteroatoms. The van der Waals surface area contributed by atoms with Gasteiger partial charge in [-0.25, -0.2) is 0 Å². The summed E-state index contributed by atoms with van der Waals surface area (Å²) in [5.41, 5.74) is 0.792. The Kier molecular flexibility index (Phi) is 8.21. The van der Waals surface area contributed by atoms with Gasteiger partial charge >= 0.3 is 0 Å². The standard InChI is InChI=1S/C17H22N4O4S2/c1-5-6-18-16-20-21-17(27-16)26-10-15(22)19-9-11-7-13(24-3)14(25-4)8-12(11)23-2/h5,7-8H,1,6,9-10H2,2-4H3,(H,18,20)(H,19,22). The van der Waals surface area contributed by atoms with Gasteiger partial charge in [-0.2, -0.15) is 0 Å². The minimum atomic E-state index is -0.118. The van der Waals surface area contributed by atoms with Crippen molar-refractivity contribution < 1.29 is 19.0 Å². The molecule has 0 radical (unpaired) electrons. The van der Waals surface area contributed by atoms with Crippen molar-refractivity contribution >= 4 is 34.1 Å². The van der Waals surface area contributed by atoms with Gasteiger partial charge < -0.3 is 24.8 Å². The topological polar surface area (TPSA) is 94.6 Å². The van der Waals surface area contributed by atoms with Crippen molar-refractivity contribution in [2.45, 2.75) is 10.9 Å². The summed E-state index contributed by atoms with van der Waals surface area (Å²) in [5.74, 6) is 1.88. The molecule has 2 rings (SSSR count). The average Bonchev–Trinajstić information content (AvgIpc) is 3.16. The van der Waals surface area contributed by atoms with E-state index >= 15 is 0 Å². The van der Waals surface area contributed by atoms with Crippen LogP contribution in [0.15, 0.2) is 29.1 Å². The second kappa shape index (κ2) is 10.6. The first-order valence-electron chi connectivity index (χ1n) is 7.97. The molecule has 146 valence electrons. The van der Waals surface area contributed by atoms with E-state index in [0.29, 0.717) is 35.5 Å². The highest BCUT2D eigenvalue weighted by atomic mass is 32.2. The Morgan fingerprint density at radius 2 is 1.89 bits per heavy atom. The predicted octanol–water partition coefficient (Wildman–Crippen LogP) is 2.57. The van der Waals surface area contributed by atoms with Gasteiger partial charge in [-0.3, -0.25) is 4.79 Å². The molecule has 2 aromatic rings. The zero-order chi connectivity index (χ0) is 19.6. The highest BCUT2D eigenvalue weighted by Crippen LogP contribution is 2.34. The molecule has 27 heavy (non-hydrogen) atoms. The van der Waals surface area contributed by atoms with Crippen molar-refractivity contribution in [2.75, 3.05) is 38.9 Å². The van der Waals surface area contributed by atoms with E-state index in [4.69, 9.17) is 14.2 Å². The lowest BCUT2D eigenvalue weighted by molar-refractivity contribution is -0.118. The number of rotatable bonds is 11. The quantitative estimate of drug-likeness (QED) is 0.431. The Morgan fingerprint density at radius 3 is 2.56 bits per heavy atom. The fourth-order valence-corrected chi connectivity index (χ4v) is 3.69. The minimum absolute atomic E-state index is 0.118. The lowest BCUT2D eigenvalue weighted by Crippen LogP contribution is -2.24. The highest BCUT2D eigenvalue weighted by Gasteiger charge is 2.13. The fourth-order valence-electron chi connectivity index (χ4n) is 2.10. The number of benzene rings is 1. The van der Waals surface area contributed by atoms with E-state index in [1.54, 1.807) is 39.5 Å². The second-order valence-electron chi connectivity index (χ2n) is 5.13. The fraction of sp³-hybridized carbons (Fsp3) is 0.353. The molecule has 1 aromatic carbocycles. The zero-order valence-electron chi connectivity index (χ0n) is 15.4. The van der Waals surface area contributed by atoms with Crippen LogP contribution in [0.5, 0.6) is 17.2 Å². The number of nitrogens with zero attached hydrogens (tertiary/aromatic N) is 2. The number of hydrogen-bond donors (Lipinski definition) is 2. The summed E-state index contributed by atoms with van der Waals surface area (Å²) in [6.45, 7) is 4.56. The number of hydrogen-bond acceptors (Lipinski definition) is 9. The number of aromatic nitrogens is 2. The van der Waals surface area contributed by atoms with Crippen LogP contribution >= 0.6 is 23.1 Å². The maximum Gasteiger partial charge on any atom is 0.230 e. The first-order valence-corrected chi connectivity index (χ1v) is 9.78. The Morgan fingerprint density at radius 1 is 1.19 bits per heavy atom. The van der Waals surface area contributed by atoms with Crippen LogP contribution in [0, 0.1) is 0 Å². The van der Waals surface area contributed by atoms with Crippen molar-refractivity contribution in [1.82, 2.24) is 15.5 Å². The smallest absolute Gasteiger partial charge is 0.230 e. The van der Waals surface area contributed by atoms with E-state index in [0.717, 1.165) is 9.90 Å². The van der Waals surface area contributed by atoms with Gasteiger partial charge in [0.1, 0.15) is 5.75 Å². The first kappa shape index (κ1) is 20.8. The lowest BCUT2D eigenvalue weighted by atomic mass is 10.1. The molecule has 1 amide bonds. The number of methoxy groups -OCH3 is 3. The number of carbonyl (C=O) groups excluding carboxylic acids is 1. The van der Waals surface area contributed by atoms with Gasteiger partial charge in [0.25, 0.3) is 0 Å². The molecule has 1 aromatic heterocycles. The first-order chi connectivity index (χ1) is 13.1. The third kappa shape index (κ3) is 6.04. The number of anilines is 1. The third-order valence-electron chi connectivity index (χ3n) is 3.39. The second-order valence-corrected chi connectivity index (χ2v) is 7.33. The molecule has 0 atom stereocenters. The highest BCUT2D eigenvalue weighted by molar-refractivity contribution is 8.01. The summed E-state index contributed by atoms with van der Waals surface area (Å²) in [6, 6.07) is 3.52. The molecule has 2 N–H and O–H groups in total. The number of carbonyl (C=O) groups is 1. The Labute approximate surface area is 166 Å². The maximum absolute atomic E-state index is 12.1. The summed E-state index contributed by atoms with van der Waals surface area (Å²) < 4.78 is 16.6. The summed E-state index contributed by atoms with van der Waals surface area (Å²) in [6.07, 6.45) is 1.74. The number of nitrogens with one attached hydrogen (secondary N) is 2. The number of amides is 1. The molecule has 0 unspecified atom stereocenters. The number of thioether (sulfide) groups is 1. The van der Waals surface area contributed by atoms with Crippen LogP contribution in [0.1, 0.15) is 5.56 Å². The molecule has 0 aliphatic heterocycles. The SMILES string of the molecule is C=CCNc1nnc(SCC(=O)NCc2cc(OC)c(OC)cc2OC)s1. The van der Waals surface area contributed by atoms with E-state index in [-0.39, 0.29) is 11.7 Å². The molecule has 0 saturated heterocycles. The van der Waals surface area contributed by atoms with E-state index < -0.39 is 0 Å². The molecule has 0 aliphatic carbocycles. The van der Waals surface area contributed by atoms with Gasteiger partial charge in [0.05, 0.1) is 27.1 Å². The largest absolute Gasteiger partial charge is 0.496 e. The van der Waals surface area contributed by atoms with Gasteiger partial charge in [0.2, 0.25) is 11.0 Å². The van der Waals surface area contributed by atoms with Crippen LogP contribution in [0.3, 0.4) is 0 Å². The molecule has 8 nitrogen and oxygen atoms in total. The van der Waals surface area contributed by atoms with E-state index in [1.807, 2.05) is 0 Å². The molecule has 0 saturated carbocycles. The van der Waals surface area contributed by atoms with Gasteiger partial charge in [-0.15, -0.1) is 16.8 Å². The molecule has 0 bridgehead atoms. The summed E-state index contributed by atoms with van der Waals surface area (Å²) in [7, 11) is 4.68. The predicted molar refractivity (Wildman–Crippen MR) is 107 cm³/mol. The molecule has 0 aliphatic rings. The van der Waals surface area contributed by atoms with Crippen LogP contribution in [0.2, 0.25) is 0 Å². The Balaban J connectivity index is 1.89. The lowest BCUT2D eigenvalue weighted by Gasteiger charge is -2.14. The Bertz CT molecular complexity index is 782. The van der Waals surface area contributed by atoms with Crippen molar-refractivity contribution in [1.29, 1.82) is 0 Å². The van der Waals surface area contributed by atoms with Crippen molar-refractivity contribution in [2.24, 2.45) is 0 Å². The minimum Gasteiger partial charge on any atom is -0.496 e. The van der Waals surface area contributed by atoms with Crippen molar-refractivity contribution in [3.05, 3.63) is 30.4 Å². The van der Waals surface area contributed by atoms with Crippen molar-refractivity contribution in [3.63, 3.8) is 0 Å². The van der Waals surface area contributed by atoms with Crippen LogP contribution in [0.4, 0.5) is 5.13 Å². The van der Waals surface area contributed by atoms with Crippen LogP contribution in [-0.4, -0.2) is 49.7 Å². The summed E-state index contributed by atoms with van der Waals surface area (Å²) in [5, 5.41) is 14.7. The third-order valence-corrected chi connectivity index (χ3v) is 5.41. The van der Waals surface area contributed by atoms with E-state index in [2.05, 4.69) is 27.4 Å². The van der Waals surface area contributed by atoms with Gasteiger partial charge in [-0.05, 0) is 6.07 Å². The zero-order valence-corrected chi connectivity index (χ0v) is 17.0. The van der Waals surface area contributed by atoms with Crippen LogP contribution in [-0.2, 0) is 11.3 Å². The van der Waals surface area contributed by atoms with Crippen molar-refractivity contribution in [3.8, 4) is 17.2 Å². The molecule has 1 heterocycles. The van der Waals surface area contributed by atoms with Gasteiger partial charge in [-0.1, -0.05) is 29.2 Å². The van der Waals surface area contributed by atoms with Crippen LogP contribution in [0.25, 0.3) is 0 Å². The maximum atomic E-state index is 12.1. The monoisotopic (exact) mass is 410 g/mol. The normalized spacial score (nSPS) is 10.2. The number of ether oxygens (including phenoxy) is 3. The van der Waals surface area contributed by atoms with Crippen LogP contribution < -0.4 is 24.8 Å². The Hall–Kier alpha value is -2.46. The molecular weight excluding hydrogens is 388 g/mol. The van der Waals surface area contributed by atoms with Gasteiger partial charge in [0.15, 0.2) is 15.8 Å². The molecular formula is C17H22N4O4S2. The molecule has 0 spiro atoms. The average molecular weight is 411 g/mol. The summed E-state index contributed by atoms with van der Waals surface area (Å²) in [4.78, 5) is 12.1.